The quantitative estimate of drug-likeness (QED) is 0.193. The van der Waals surface area contributed by atoms with E-state index < -0.39 is 40.9 Å². The van der Waals surface area contributed by atoms with Crippen LogP contribution in [0.25, 0.3) is 11.1 Å². The number of aryl methyl sites for hydroxylation is 2. The van der Waals surface area contributed by atoms with E-state index in [1.54, 1.807) is 12.1 Å². The molecule has 2 N–H and O–H groups in total. The summed E-state index contributed by atoms with van der Waals surface area (Å²) in [5, 5.41) is 20.2. The second kappa shape index (κ2) is 10.2. The molecule has 0 bridgehead atoms. The van der Waals surface area contributed by atoms with Gasteiger partial charge >= 0.3 is 12.1 Å². The number of hydrogen-bond donors (Lipinski definition) is 2. The van der Waals surface area contributed by atoms with Gasteiger partial charge in [-0.1, -0.05) is 30.3 Å². The van der Waals surface area contributed by atoms with E-state index in [1.807, 2.05) is 19.9 Å². The highest BCUT2D eigenvalue weighted by molar-refractivity contribution is 6.18. The van der Waals surface area contributed by atoms with Crippen LogP contribution in [-0.2, 0) is 11.0 Å². The van der Waals surface area contributed by atoms with Gasteiger partial charge < -0.3 is 10.2 Å². The Kier molecular flexibility index (Phi) is 6.86. The SMILES string of the molecule is Cc1cc(C)cc(N2C(=O)C(C=Nc3cccc(-c4ccc(F)c(C(=O)O)c4)c3O)c3ccc(C(F)(F)F)cc32)c1. The molecule has 0 saturated heterocycles. The van der Waals surface area contributed by atoms with Crippen LogP contribution in [0.4, 0.5) is 34.6 Å². The summed E-state index contributed by atoms with van der Waals surface area (Å²) in [6.07, 6.45) is -3.37. The van der Waals surface area contributed by atoms with Crippen molar-refractivity contribution in [1.29, 1.82) is 0 Å². The molecule has 1 atom stereocenters. The number of carboxylic acids is 1. The van der Waals surface area contributed by atoms with E-state index in [4.69, 9.17) is 0 Å². The van der Waals surface area contributed by atoms with Crippen molar-refractivity contribution in [2.45, 2.75) is 25.9 Å². The third-order valence-electron chi connectivity index (χ3n) is 6.77. The number of fused-ring (bicyclic) bond motifs is 1. The van der Waals surface area contributed by atoms with Crippen LogP contribution < -0.4 is 4.90 Å². The zero-order chi connectivity index (χ0) is 29.6. The zero-order valence-electron chi connectivity index (χ0n) is 21.7. The van der Waals surface area contributed by atoms with Gasteiger partial charge in [0.25, 0.3) is 0 Å². The molecular weight excluding hydrogens is 540 g/mol. The van der Waals surface area contributed by atoms with E-state index in [1.165, 1.54) is 41.4 Å². The predicted octanol–water partition coefficient (Wildman–Crippen LogP) is 7.70. The van der Waals surface area contributed by atoms with Crippen LogP contribution in [0.15, 0.2) is 77.8 Å². The highest BCUT2D eigenvalue weighted by Gasteiger charge is 2.40. The molecule has 1 heterocycles. The lowest BCUT2D eigenvalue weighted by molar-refractivity contribution is -0.137. The Hall–Kier alpha value is -4.99. The fourth-order valence-corrected chi connectivity index (χ4v) is 4.94. The van der Waals surface area contributed by atoms with Crippen LogP contribution in [0.5, 0.6) is 5.75 Å². The van der Waals surface area contributed by atoms with E-state index in [0.29, 0.717) is 11.3 Å². The number of aromatic hydroxyl groups is 1. The van der Waals surface area contributed by atoms with E-state index in [0.717, 1.165) is 35.4 Å². The smallest absolute Gasteiger partial charge is 0.416 e. The lowest BCUT2D eigenvalue weighted by atomic mass is 9.99. The second-order valence-electron chi connectivity index (χ2n) is 9.72. The summed E-state index contributed by atoms with van der Waals surface area (Å²) in [4.78, 5) is 30.6. The van der Waals surface area contributed by atoms with Gasteiger partial charge in [0.1, 0.15) is 23.2 Å². The third kappa shape index (κ3) is 5.16. The summed E-state index contributed by atoms with van der Waals surface area (Å²) >= 11 is 0. The number of aliphatic imine (C=N–C) groups is 1. The number of hydrogen-bond acceptors (Lipinski definition) is 4. The Balaban J connectivity index is 1.57. The minimum atomic E-state index is -4.62. The standard InChI is InChI=1S/C31H22F4N2O4/c1-16-10-17(2)12-20(11-16)37-27-14-19(31(33,34)35)7-8-22(27)24(29(37)39)15-36-26-5-3-4-21(28(26)38)18-6-9-25(32)23(13-18)30(40)41/h3-15,24,38H,1-2H3,(H,40,41). The molecule has 0 aliphatic carbocycles. The van der Waals surface area contributed by atoms with Gasteiger partial charge in [-0.25, -0.2) is 9.18 Å². The summed E-state index contributed by atoms with van der Waals surface area (Å²) < 4.78 is 54.6. The first kappa shape index (κ1) is 27.6. The number of anilines is 2. The van der Waals surface area contributed by atoms with Crippen LogP contribution in [-0.4, -0.2) is 28.3 Å². The van der Waals surface area contributed by atoms with E-state index in [-0.39, 0.29) is 28.3 Å². The van der Waals surface area contributed by atoms with Gasteiger partial charge in [-0.15, -0.1) is 0 Å². The molecule has 6 nitrogen and oxygen atoms in total. The maximum Gasteiger partial charge on any atom is 0.416 e. The molecule has 4 aromatic carbocycles. The highest BCUT2D eigenvalue weighted by atomic mass is 19.4. The Morgan fingerprint density at radius 3 is 2.34 bits per heavy atom. The summed E-state index contributed by atoms with van der Waals surface area (Å²) in [6.45, 7) is 3.64. The number of rotatable bonds is 5. The minimum Gasteiger partial charge on any atom is -0.505 e. The molecule has 0 fully saturated rings. The summed E-state index contributed by atoms with van der Waals surface area (Å²) in [7, 11) is 0. The number of carboxylic acid groups (broad SMARTS) is 1. The number of nitrogens with zero attached hydrogens (tertiary/aromatic N) is 2. The Morgan fingerprint density at radius 1 is 0.976 bits per heavy atom. The van der Waals surface area contributed by atoms with Crippen molar-refractivity contribution in [2.75, 3.05) is 4.90 Å². The molecule has 10 heteroatoms. The maximum absolute atomic E-state index is 13.9. The molecular formula is C31H22F4N2O4. The Morgan fingerprint density at radius 2 is 1.68 bits per heavy atom. The first-order valence-corrected chi connectivity index (χ1v) is 12.4. The molecule has 1 aliphatic rings. The molecule has 4 aromatic rings. The number of carbonyl (C=O) groups is 2. The number of para-hydroxylation sites is 1. The first-order valence-electron chi connectivity index (χ1n) is 12.4. The number of benzene rings is 4. The van der Waals surface area contributed by atoms with Crippen molar-refractivity contribution in [1.82, 2.24) is 0 Å². The van der Waals surface area contributed by atoms with E-state index in [2.05, 4.69) is 4.99 Å². The monoisotopic (exact) mass is 562 g/mol. The second-order valence-corrected chi connectivity index (χ2v) is 9.72. The van der Waals surface area contributed by atoms with Crippen molar-refractivity contribution in [2.24, 2.45) is 4.99 Å². The lowest BCUT2D eigenvalue weighted by Gasteiger charge is -2.20. The molecule has 1 aliphatic heterocycles. The predicted molar refractivity (Wildman–Crippen MR) is 146 cm³/mol. The Bertz CT molecular complexity index is 1730. The zero-order valence-corrected chi connectivity index (χ0v) is 21.7. The number of halogens is 4. The van der Waals surface area contributed by atoms with Crippen molar-refractivity contribution in [3.8, 4) is 16.9 Å². The molecule has 208 valence electrons. The topological polar surface area (TPSA) is 90.2 Å². The molecule has 0 aromatic heterocycles. The number of phenolic OH excluding ortho intramolecular Hbond substituents is 1. The van der Waals surface area contributed by atoms with Gasteiger partial charge in [-0.3, -0.25) is 14.7 Å². The van der Waals surface area contributed by atoms with Crippen molar-refractivity contribution in [3.63, 3.8) is 0 Å². The fourth-order valence-electron chi connectivity index (χ4n) is 4.94. The normalized spacial score (nSPS) is 15.0. The Labute approximate surface area is 231 Å². The van der Waals surface area contributed by atoms with Crippen molar-refractivity contribution < 1.29 is 37.4 Å². The molecule has 1 unspecified atom stereocenters. The van der Waals surface area contributed by atoms with E-state index >= 15 is 0 Å². The van der Waals surface area contributed by atoms with Crippen molar-refractivity contribution in [3.05, 3.63) is 106 Å². The molecule has 5 rings (SSSR count). The highest BCUT2D eigenvalue weighted by Crippen LogP contribution is 2.45. The summed E-state index contributed by atoms with van der Waals surface area (Å²) in [5.74, 6) is -4.33. The first-order chi connectivity index (χ1) is 19.3. The van der Waals surface area contributed by atoms with Gasteiger partial charge in [0.05, 0.1) is 16.8 Å². The number of amides is 1. The minimum absolute atomic E-state index is 0.0230. The summed E-state index contributed by atoms with van der Waals surface area (Å²) in [6, 6.07) is 16.2. The number of alkyl halides is 3. The van der Waals surface area contributed by atoms with Crippen molar-refractivity contribution >= 4 is 35.2 Å². The van der Waals surface area contributed by atoms with Crippen LogP contribution >= 0.6 is 0 Å². The third-order valence-corrected chi connectivity index (χ3v) is 6.77. The van der Waals surface area contributed by atoms with Crippen LogP contribution in [0.2, 0.25) is 0 Å². The van der Waals surface area contributed by atoms with Gasteiger partial charge in [0.2, 0.25) is 5.91 Å². The number of phenols is 1. The molecule has 0 saturated carbocycles. The number of aromatic carboxylic acids is 1. The average Bonchev–Trinajstić information content (AvgIpc) is 3.17. The molecule has 1 amide bonds. The van der Waals surface area contributed by atoms with Crippen LogP contribution in [0.1, 0.15) is 38.5 Å². The maximum atomic E-state index is 13.9. The summed E-state index contributed by atoms with van der Waals surface area (Å²) in [5.41, 5.74) is 1.40. The molecule has 0 spiro atoms. The van der Waals surface area contributed by atoms with Gasteiger partial charge in [-0.05, 0) is 78.6 Å². The van der Waals surface area contributed by atoms with Gasteiger partial charge in [0.15, 0.2) is 0 Å². The number of carbonyl (C=O) groups excluding carboxylic acids is 1. The van der Waals surface area contributed by atoms with E-state index in [9.17, 15) is 37.4 Å². The lowest BCUT2D eigenvalue weighted by Crippen LogP contribution is -2.24. The largest absolute Gasteiger partial charge is 0.505 e. The van der Waals surface area contributed by atoms with Gasteiger partial charge in [0, 0.05) is 17.5 Å². The van der Waals surface area contributed by atoms with Gasteiger partial charge in [-0.2, -0.15) is 13.2 Å². The average molecular weight is 563 g/mol. The molecule has 0 radical (unpaired) electrons. The van der Waals surface area contributed by atoms with Crippen LogP contribution in [0.3, 0.4) is 0 Å². The molecule has 41 heavy (non-hydrogen) atoms. The van der Waals surface area contributed by atoms with Crippen LogP contribution in [0, 0.1) is 19.7 Å². The fraction of sp³-hybridized carbons (Fsp3) is 0.129.